The number of carbonyl (C=O) groups excluding carboxylic acids is 2. The molecule has 0 saturated heterocycles. The Morgan fingerprint density at radius 3 is 2.33 bits per heavy atom. The molecule has 0 aliphatic carbocycles. The minimum atomic E-state index is -1.04. The van der Waals surface area contributed by atoms with Crippen molar-refractivity contribution in [1.82, 2.24) is 5.32 Å². The van der Waals surface area contributed by atoms with Gasteiger partial charge in [0, 0.05) is 6.42 Å². The maximum absolute atomic E-state index is 12.3. The molecule has 0 spiro atoms. The van der Waals surface area contributed by atoms with Crippen molar-refractivity contribution >= 4 is 11.9 Å². The van der Waals surface area contributed by atoms with E-state index in [2.05, 4.69) is 5.32 Å². The summed E-state index contributed by atoms with van der Waals surface area (Å²) in [6.45, 7) is 5.39. The molecular formula is C16H24N2O3. The summed E-state index contributed by atoms with van der Waals surface area (Å²) in [5, 5.41) is 2.70. The first-order valence-electron chi connectivity index (χ1n) is 7.00. The topological polar surface area (TPSA) is 81.4 Å². The lowest BCUT2D eigenvalue weighted by Crippen LogP contribution is -2.59. The van der Waals surface area contributed by atoms with E-state index in [0.717, 1.165) is 5.56 Å². The van der Waals surface area contributed by atoms with Gasteiger partial charge in [0.25, 0.3) is 0 Å². The van der Waals surface area contributed by atoms with Gasteiger partial charge in [-0.1, -0.05) is 44.2 Å². The summed E-state index contributed by atoms with van der Waals surface area (Å²) in [7, 11) is 1.30. The summed E-state index contributed by atoms with van der Waals surface area (Å²) in [5.41, 5.74) is 5.92. The number of esters is 1. The van der Waals surface area contributed by atoms with E-state index in [4.69, 9.17) is 10.5 Å². The summed E-state index contributed by atoms with van der Waals surface area (Å²) in [4.78, 5) is 24.2. The highest BCUT2D eigenvalue weighted by atomic mass is 16.5. The van der Waals surface area contributed by atoms with Crippen LogP contribution in [-0.4, -0.2) is 30.6 Å². The Morgan fingerprint density at radius 1 is 1.29 bits per heavy atom. The third-order valence-electron chi connectivity index (χ3n) is 3.76. The van der Waals surface area contributed by atoms with Crippen LogP contribution < -0.4 is 11.1 Å². The molecule has 5 nitrogen and oxygen atoms in total. The lowest BCUT2D eigenvalue weighted by molar-refractivity contribution is -0.145. The number of ether oxygens (including phenoxy) is 1. The molecule has 0 aliphatic rings. The summed E-state index contributed by atoms with van der Waals surface area (Å²) in [5.74, 6) is -0.886. The van der Waals surface area contributed by atoms with Crippen molar-refractivity contribution in [3.8, 4) is 0 Å². The maximum Gasteiger partial charge on any atom is 0.328 e. The first-order chi connectivity index (χ1) is 9.78. The smallest absolute Gasteiger partial charge is 0.328 e. The predicted octanol–water partition coefficient (Wildman–Crippen LogP) is 1.26. The summed E-state index contributed by atoms with van der Waals surface area (Å²) in [6, 6.07) is 8.70. The molecule has 116 valence electrons. The van der Waals surface area contributed by atoms with Crippen molar-refractivity contribution in [2.24, 2.45) is 11.7 Å². The van der Waals surface area contributed by atoms with Crippen LogP contribution in [0.25, 0.3) is 0 Å². The second-order valence-corrected chi connectivity index (χ2v) is 5.68. The molecule has 1 aromatic carbocycles. The van der Waals surface area contributed by atoms with Gasteiger partial charge in [0.05, 0.1) is 12.6 Å². The van der Waals surface area contributed by atoms with E-state index in [1.807, 2.05) is 44.2 Å². The summed E-state index contributed by atoms with van der Waals surface area (Å²) >= 11 is 0. The zero-order valence-electron chi connectivity index (χ0n) is 13.1. The highest BCUT2D eigenvalue weighted by molar-refractivity contribution is 5.90. The molecule has 0 saturated carbocycles. The van der Waals surface area contributed by atoms with Crippen LogP contribution in [0.3, 0.4) is 0 Å². The number of hydrogen-bond donors (Lipinski definition) is 2. The molecule has 0 heterocycles. The van der Waals surface area contributed by atoms with Gasteiger partial charge in [-0.2, -0.15) is 0 Å². The molecule has 0 bridgehead atoms. The van der Waals surface area contributed by atoms with Crippen molar-refractivity contribution in [1.29, 1.82) is 0 Å². The Labute approximate surface area is 125 Å². The average molecular weight is 292 g/mol. The van der Waals surface area contributed by atoms with Crippen LogP contribution in [0.15, 0.2) is 30.3 Å². The van der Waals surface area contributed by atoms with Gasteiger partial charge in [0.1, 0.15) is 6.04 Å². The maximum atomic E-state index is 12.3. The Hall–Kier alpha value is -1.88. The molecule has 1 aromatic rings. The highest BCUT2D eigenvalue weighted by Gasteiger charge is 2.34. The van der Waals surface area contributed by atoms with Crippen LogP contribution in [0.4, 0.5) is 0 Å². The second kappa shape index (κ2) is 7.22. The Bertz CT molecular complexity index is 484. The van der Waals surface area contributed by atoms with Gasteiger partial charge in [-0.3, -0.25) is 4.79 Å². The minimum absolute atomic E-state index is 0.0486. The van der Waals surface area contributed by atoms with Gasteiger partial charge >= 0.3 is 5.97 Å². The number of nitrogens with one attached hydrogen (secondary N) is 1. The predicted molar refractivity (Wildman–Crippen MR) is 81.5 cm³/mol. The molecular weight excluding hydrogens is 268 g/mol. The third kappa shape index (κ3) is 4.56. The van der Waals surface area contributed by atoms with Gasteiger partial charge in [-0.05, 0) is 18.4 Å². The van der Waals surface area contributed by atoms with Crippen molar-refractivity contribution in [2.45, 2.75) is 38.8 Å². The van der Waals surface area contributed by atoms with E-state index in [9.17, 15) is 9.59 Å². The normalized spacial score (nSPS) is 15.1. The van der Waals surface area contributed by atoms with E-state index >= 15 is 0 Å². The Balaban J connectivity index is 2.85. The number of benzene rings is 1. The number of amides is 1. The molecule has 1 amide bonds. The van der Waals surface area contributed by atoms with Crippen LogP contribution >= 0.6 is 0 Å². The zero-order chi connectivity index (χ0) is 16.0. The third-order valence-corrected chi connectivity index (χ3v) is 3.76. The van der Waals surface area contributed by atoms with E-state index in [-0.39, 0.29) is 11.8 Å². The van der Waals surface area contributed by atoms with Crippen molar-refractivity contribution in [2.75, 3.05) is 7.11 Å². The Kier molecular flexibility index (Phi) is 5.90. The lowest BCUT2D eigenvalue weighted by atomic mass is 9.88. The quantitative estimate of drug-likeness (QED) is 0.773. The monoisotopic (exact) mass is 292 g/mol. The van der Waals surface area contributed by atoms with Crippen LogP contribution in [0.2, 0.25) is 0 Å². The summed E-state index contributed by atoms with van der Waals surface area (Å²) in [6.07, 6.45) is 0.368. The fourth-order valence-corrected chi connectivity index (χ4v) is 1.76. The van der Waals surface area contributed by atoms with E-state index in [1.54, 1.807) is 6.92 Å². The average Bonchev–Trinajstić information content (AvgIpc) is 2.46. The number of rotatable bonds is 6. The van der Waals surface area contributed by atoms with Gasteiger partial charge < -0.3 is 15.8 Å². The van der Waals surface area contributed by atoms with E-state index in [0.29, 0.717) is 6.42 Å². The first kappa shape index (κ1) is 17.2. The zero-order valence-corrected chi connectivity index (χ0v) is 13.1. The molecule has 0 radical (unpaired) electrons. The molecule has 0 fully saturated rings. The van der Waals surface area contributed by atoms with E-state index in [1.165, 1.54) is 7.11 Å². The van der Waals surface area contributed by atoms with Gasteiger partial charge in [-0.15, -0.1) is 0 Å². The van der Waals surface area contributed by atoms with Crippen molar-refractivity contribution in [3.63, 3.8) is 0 Å². The fraction of sp³-hybridized carbons (Fsp3) is 0.500. The number of nitrogens with two attached hydrogens (primary N) is 1. The summed E-state index contributed by atoms with van der Waals surface area (Å²) < 4.78 is 4.76. The largest absolute Gasteiger partial charge is 0.467 e. The molecule has 0 unspecified atom stereocenters. The number of carbonyl (C=O) groups is 2. The lowest BCUT2D eigenvalue weighted by Gasteiger charge is -2.29. The molecule has 0 aromatic heterocycles. The SMILES string of the molecule is COC(=O)[C@H](Cc1ccccc1)NC(=O)[C@](C)(N)C(C)C. The molecule has 0 aliphatic heterocycles. The Morgan fingerprint density at radius 2 is 1.86 bits per heavy atom. The molecule has 5 heteroatoms. The van der Waals surface area contributed by atoms with Crippen molar-refractivity contribution in [3.05, 3.63) is 35.9 Å². The minimum Gasteiger partial charge on any atom is -0.467 e. The van der Waals surface area contributed by atoms with E-state index < -0.39 is 17.6 Å². The highest BCUT2D eigenvalue weighted by Crippen LogP contribution is 2.14. The van der Waals surface area contributed by atoms with Gasteiger partial charge in [0.15, 0.2) is 0 Å². The fourth-order valence-electron chi connectivity index (χ4n) is 1.76. The van der Waals surface area contributed by atoms with Crippen LogP contribution in [-0.2, 0) is 20.7 Å². The van der Waals surface area contributed by atoms with Crippen LogP contribution in [0, 0.1) is 5.92 Å². The van der Waals surface area contributed by atoms with Gasteiger partial charge in [-0.25, -0.2) is 4.79 Å². The second-order valence-electron chi connectivity index (χ2n) is 5.68. The standard InChI is InChI=1S/C16H24N2O3/c1-11(2)16(3,17)15(20)18-13(14(19)21-4)10-12-8-6-5-7-9-12/h5-9,11,13H,10,17H2,1-4H3,(H,18,20)/t13-,16+/m0/s1. The number of hydrogen-bond acceptors (Lipinski definition) is 4. The first-order valence-corrected chi connectivity index (χ1v) is 7.00. The molecule has 1 rings (SSSR count). The van der Waals surface area contributed by atoms with Crippen LogP contribution in [0.5, 0.6) is 0 Å². The molecule has 21 heavy (non-hydrogen) atoms. The van der Waals surface area contributed by atoms with Gasteiger partial charge in [0.2, 0.25) is 5.91 Å². The molecule has 3 N–H and O–H groups in total. The molecule has 2 atom stereocenters. The number of methoxy groups -OCH3 is 1. The van der Waals surface area contributed by atoms with Crippen molar-refractivity contribution < 1.29 is 14.3 Å². The van der Waals surface area contributed by atoms with Crippen LogP contribution in [0.1, 0.15) is 26.3 Å².